The molecule has 4 rings (SSSR count). The molecule has 0 unspecified atom stereocenters. The summed E-state index contributed by atoms with van der Waals surface area (Å²) in [5.74, 6) is -0.264. The molecule has 0 bridgehead atoms. The van der Waals surface area contributed by atoms with Gasteiger partial charge in [0.25, 0.3) is 0 Å². The molecular formula is C19H13ClN4OS. The Morgan fingerprint density at radius 1 is 1.19 bits per heavy atom. The van der Waals surface area contributed by atoms with Gasteiger partial charge in [0.15, 0.2) is 0 Å². The van der Waals surface area contributed by atoms with Crippen molar-refractivity contribution in [3.05, 3.63) is 77.0 Å². The Morgan fingerprint density at radius 2 is 2.08 bits per heavy atom. The van der Waals surface area contributed by atoms with Gasteiger partial charge in [-0.2, -0.15) is 5.10 Å². The normalized spacial score (nSPS) is 11.3. The average Bonchev–Trinajstić information content (AvgIpc) is 3.29. The van der Waals surface area contributed by atoms with Crippen LogP contribution in [0.4, 0.5) is 5.69 Å². The number of hydrogen-bond acceptors (Lipinski definition) is 4. The molecule has 0 atom stereocenters. The van der Waals surface area contributed by atoms with Crippen LogP contribution in [0.5, 0.6) is 0 Å². The summed E-state index contributed by atoms with van der Waals surface area (Å²) in [7, 11) is 0. The number of thiazole rings is 1. The summed E-state index contributed by atoms with van der Waals surface area (Å²) in [6.07, 6.45) is 6.65. The fraction of sp³-hybridized carbons (Fsp3) is 0. The van der Waals surface area contributed by atoms with Crippen LogP contribution in [-0.2, 0) is 4.79 Å². The van der Waals surface area contributed by atoms with Crippen molar-refractivity contribution in [1.29, 1.82) is 0 Å². The molecule has 4 aromatic rings. The van der Waals surface area contributed by atoms with Crippen molar-refractivity contribution >= 4 is 50.8 Å². The lowest BCUT2D eigenvalue weighted by molar-refractivity contribution is -0.111. The second kappa shape index (κ2) is 7.11. The third-order valence-electron chi connectivity index (χ3n) is 3.66. The predicted octanol–water partition coefficient (Wildman–Crippen LogP) is 4.79. The number of nitrogens with one attached hydrogen (secondary N) is 1. The van der Waals surface area contributed by atoms with Crippen molar-refractivity contribution in [3.8, 4) is 5.69 Å². The average molecular weight is 381 g/mol. The van der Waals surface area contributed by atoms with Crippen LogP contribution >= 0.6 is 22.9 Å². The Kier molecular flexibility index (Phi) is 4.51. The number of amides is 1. The van der Waals surface area contributed by atoms with Crippen LogP contribution in [0.25, 0.3) is 22.0 Å². The number of aromatic nitrogens is 3. The van der Waals surface area contributed by atoms with Crippen LogP contribution in [0, 0.1) is 0 Å². The highest BCUT2D eigenvalue weighted by atomic mass is 35.5. The number of fused-ring (bicyclic) bond motifs is 1. The van der Waals surface area contributed by atoms with Gasteiger partial charge in [0, 0.05) is 23.5 Å². The van der Waals surface area contributed by atoms with E-state index < -0.39 is 0 Å². The van der Waals surface area contributed by atoms with E-state index in [1.54, 1.807) is 35.3 Å². The van der Waals surface area contributed by atoms with Crippen molar-refractivity contribution in [2.75, 3.05) is 5.32 Å². The Balaban J connectivity index is 1.55. The molecule has 0 saturated heterocycles. The van der Waals surface area contributed by atoms with Crippen LogP contribution in [-0.4, -0.2) is 20.7 Å². The zero-order valence-corrected chi connectivity index (χ0v) is 15.0. The van der Waals surface area contributed by atoms with Crippen LogP contribution in [0.1, 0.15) is 5.01 Å². The lowest BCUT2D eigenvalue weighted by Crippen LogP contribution is -2.11. The molecule has 26 heavy (non-hydrogen) atoms. The summed E-state index contributed by atoms with van der Waals surface area (Å²) in [5.41, 5.74) is 2.25. The zero-order chi connectivity index (χ0) is 17.9. The molecule has 0 spiro atoms. The van der Waals surface area contributed by atoms with E-state index >= 15 is 0 Å². The molecule has 1 amide bonds. The summed E-state index contributed by atoms with van der Waals surface area (Å²) in [6, 6.07) is 14.9. The van der Waals surface area contributed by atoms with Crippen LogP contribution in [0.2, 0.25) is 5.02 Å². The van der Waals surface area contributed by atoms with Crippen molar-refractivity contribution in [3.63, 3.8) is 0 Å². The minimum atomic E-state index is -0.264. The number of benzene rings is 2. The maximum Gasteiger partial charge on any atom is 0.248 e. The number of rotatable bonds is 4. The number of hydrogen-bond donors (Lipinski definition) is 1. The number of nitrogens with zero attached hydrogens (tertiary/aromatic N) is 3. The smallest absolute Gasteiger partial charge is 0.248 e. The van der Waals surface area contributed by atoms with Crippen molar-refractivity contribution in [1.82, 2.24) is 14.8 Å². The molecular weight excluding hydrogens is 368 g/mol. The van der Waals surface area contributed by atoms with Gasteiger partial charge < -0.3 is 5.32 Å². The molecule has 1 N–H and O–H groups in total. The molecule has 0 aliphatic carbocycles. The van der Waals surface area contributed by atoms with E-state index in [1.165, 1.54) is 17.4 Å². The van der Waals surface area contributed by atoms with E-state index in [0.29, 0.717) is 10.7 Å². The van der Waals surface area contributed by atoms with Crippen LogP contribution in [0.15, 0.2) is 67.0 Å². The first-order valence-electron chi connectivity index (χ1n) is 7.83. The van der Waals surface area contributed by atoms with E-state index in [2.05, 4.69) is 15.4 Å². The summed E-state index contributed by atoms with van der Waals surface area (Å²) in [5, 5.41) is 8.36. The quantitative estimate of drug-likeness (QED) is 0.518. The molecule has 2 aromatic carbocycles. The molecule has 0 radical (unpaired) electrons. The van der Waals surface area contributed by atoms with Crippen LogP contribution < -0.4 is 5.32 Å². The molecule has 0 fully saturated rings. The Hall–Kier alpha value is -2.96. The molecule has 128 valence electrons. The van der Waals surface area contributed by atoms with Gasteiger partial charge in [0.05, 0.1) is 21.6 Å². The van der Waals surface area contributed by atoms with Gasteiger partial charge >= 0.3 is 0 Å². The predicted molar refractivity (Wildman–Crippen MR) is 106 cm³/mol. The highest BCUT2D eigenvalue weighted by molar-refractivity contribution is 7.19. The zero-order valence-electron chi connectivity index (χ0n) is 13.5. The Bertz CT molecular complexity index is 1070. The summed E-state index contributed by atoms with van der Waals surface area (Å²) >= 11 is 7.61. The van der Waals surface area contributed by atoms with E-state index in [4.69, 9.17) is 11.6 Å². The first-order valence-corrected chi connectivity index (χ1v) is 9.03. The topological polar surface area (TPSA) is 59.8 Å². The number of carbonyl (C=O) groups is 1. The van der Waals surface area contributed by atoms with E-state index in [1.807, 2.05) is 36.4 Å². The highest BCUT2D eigenvalue weighted by Gasteiger charge is 2.08. The molecule has 0 aliphatic rings. The van der Waals surface area contributed by atoms with E-state index in [0.717, 1.165) is 20.9 Å². The lowest BCUT2D eigenvalue weighted by Gasteiger charge is -2.10. The SMILES string of the molecule is O=C(/C=C/c1nc2ccccc2s1)Nc1cc(Cl)ccc1-n1cccn1. The van der Waals surface area contributed by atoms with Gasteiger partial charge in [0.1, 0.15) is 5.01 Å². The highest BCUT2D eigenvalue weighted by Crippen LogP contribution is 2.25. The minimum Gasteiger partial charge on any atom is -0.321 e. The second-order valence-corrected chi connectivity index (χ2v) is 6.95. The molecule has 7 heteroatoms. The van der Waals surface area contributed by atoms with Gasteiger partial charge in [-0.3, -0.25) is 4.79 Å². The third kappa shape index (κ3) is 3.51. The van der Waals surface area contributed by atoms with Gasteiger partial charge in [-0.25, -0.2) is 9.67 Å². The van der Waals surface area contributed by atoms with Crippen LogP contribution in [0.3, 0.4) is 0 Å². The minimum absolute atomic E-state index is 0.264. The molecule has 0 aliphatic heterocycles. The molecule has 0 saturated carbocycles. The Labute approximate surface area is 158 Å². The third-order valence-corrected chi connectivity index (χ3v) is 4.89. The first-order chi connectivity index (χ1) is 12.7. The van der Waals surface area contributed by atoms with E-state index in [-0.39, 0.29) is 5.91 Å². The lowest BCUT2D eigenvalue weighted by atomic mass is 10.2. The maximum absolute atomic E-state index is 12.3. The largest absolute Gasteiger partial charge is 0.321 e. The van der Waals surface area contributed by atoms with Crippen molar-refractivity contribution < 1.29 is 4.79 Å². The van der Waals surface area contributed by atoms with Gasteiger partial charge in [-0.15, -0.1) is 11.3 Å². The number of anilines is 1. The van der Waals surface area contributed by atoms with Crippen molar-refractivity contribution in [2.24, 2.45) is 0 Å². The second-order valence-electron chi connectivity index (χ2n) is 5.45. The first kappa shape index (κ1) is 16.5. The fourth-order valence-electron chi connectivity index (χ4n) is 2.50. The molecule has 5 nitrogen and oxygen atoms in total. The van der Waals surface area contributed by atoms with Gasteiger partial charge in [0.2, 0.25) is 5.91 Å². The van der Waals surface area contributed by atoms with Gasteiger partial charge in [-0.1, -0.05) is 23.7 Å². The summed E-state index contributed by atoms with van der Waals surface area (Å²) < 4.78 is 2.76. The monoisotopic (exact) mass is 380 g/mol. The fourth-order valence-corrected chi connectivity index (χ4v) is 3.54. The summed E-state index contributed by atoms with van der Waals surface area (Å²) in [4.78, 5) is 16.8. The molecule has 2 aromatic heterocycles. The number of para-hydroxylation sites is 1. The number of halogens is 1. The molecule has 2 heterocycles. The van der Waals surface area contributed by atoms with Crippen molar-refractivity contribution in [2.45, 2.75) is 0 Å². The summed E-state index contributed by atoms with van der Waals surface area (Å²) in [6.45, 7) is 0. The van der Waals surface area contributed by atoms with Gasteiger partial charge in [-0.05, 0) is 42.5 Å². The number of carbonyl (C=O) groups excluding carboxylic acids is 1. The maximum atomic E-state index is 12.3. The Morgan fingerprint density at radius 3 is 2.88 bits per heavy atom. The van der Waals surface area contributed by atoms with E-state index in [9.17, 15) is 4.79 Å². The standard InChI is InChI=1S/C19H13ClN4OS/c20-13-6-7-16(24-11-3-10-21-24)15(12-13)22-18(25)8-9-19-23-14-4-1-2-5-17(14)26-19/h1-12H,(H,22,25)/b9-8+.